The minimum atomic E-state index is 0.737. The predicted molar refractivity (Wildman–Crippen MR) is 64.7 cm³/mol. The van der Waals surface area contributed by atoms with Gasteiger partial charge in [0.05, 0.1) is 0 Å². The van der Waals surface area contributed by atoms with Crippen LogP contribution in [0.25, 0.3) is 0 Å². The summed E-state index contributed by atoms with van der Waals surface area (Å²) in [5.74, 6) is 0.737. The van der Waals surface area contributed by atoms with Crippen LogP contribution in [-0.4, -0.2) is 23.3 Å². The molecule has 0 saturated heterocycles. The Balaban J connectivity index is 1.98. The van der Waals surface area contributed by atoms with Crippen LogP contribution in [0.5, 0.6) is 0 Å². The first-order chi connectivity index (χ1) is 7.35. The molecule has 15 heavy (non-hydrogen) atoms. The van der Waals surface area contributed by atoms with Crippen molar-refractivity contribution in [2.24, 2.45) is 0 Å². The molecule has 1 aromatic rings. The second-order valence-corrected chi connectivity index (χ2v) is 5.12. The van der Waals surface area contributed by atoms with Crippen molar-refractivity contribution in [3.05, 3.63) is 5.01 Å². The summed E-state index contributed by atoms with van der Waals surface area (Å²) in [4.78, 5) is 2.34. The van der Waals surface area contributed by atoms with E-state index in [1.807, 2.05) is 0 Å². The summed E-state index contributed by atoms with van der Waals surface area (Å²) in [6.07, 6.45) is 5.11. The van der Waals surface area contributed by atoms with Crippen molar-refractivity contribution in [2.75, 3.05) is 18.0 Å². The predicted octanol–water partition coefficient (Wildman–Crippen LogP) is 3.04. The standard InChI is InChI=1S/C11H19N3S/c1-3-5-8-14(4-2)11-13-12-10(15-11)9-6-7-9/h9H,3-8H2,1-2H3. The first-order valence-electron chi connectivity index (χ1n) is 5.93. The van der Waals surface area contributed by atoms with Gasteiger partial charge in [0, 0.05) is 19.0 Å². The lowest BCUT2D eigenvalue weighted by atomic mass is 10.3. The molecule has 3 nitrogen and oxygen atoms in total. The maximum Gasteiger partial charge on any atom is 0.208 e. The van der Waals surface area contributed by atoms with E-state index in [4.69, 9.17) is 0 Å². The molecule has 0 aliphatic heterocycles. The van der Waals surface area contributed by atoms with Gasteiger partial charge in [-0.25, -0.2) is 0 Å². The maximum atomic E-state index is 4.30. The van der Waals surface area contributed by atoms with Gasteiger partial charge < -0.3 is 4.90 Å². The van der Waals surface area contributed by atoms with Crippen LogP contribution in [0.2, 0.25) is 0 Å². The Kier molecular flexibility index (Phi) is 3.57. The molecule has 0 atom stereocenters. The normalized spacial score (nSPS) is 15.6. The Morgan fingerprint density at radius 1 is 1.33 bits per heavy atom. The highest BCUT2D eigenvalue weighted by Gasteiger charge is 2.28. The zero-order valence-corrected chi connectivity index (χ0v) is 10.4. The van der Waals surface area contributed by atoms with Crippen LogP contribution in [0.3, 0.4) is 0 Å². The molecule has 0 bridgehead atoms. The Hall–Kier alpha value is -0.640. The van der Waals surface area contributed by atoms with Crippen LogP contribution in [0, 0.1) is 0 Å². The summed E-state index contributed by atoms with van der Waals surface area (Å²) in [6.45, 7) is 6.57. The monoisotopic (exact) mass is 225 g/mol. The summed E-state index contributed by atoms with van der Waals surface area (Å²) < 4.78 is 0. The molecule has 1 saturated carbocycles. The minimum Gasteiger partial charge on any atom is -0.347 e. The number of hydrogen-bond acceptors (Lipinski definition) is 4. The molecule has 1 fully saturated rings. The molecule has 84 valence electrons. The van der Waals surface area contributed by atoms with Gasteiger partial charge in [0.15, 0.2) is 0 Å². The van der Waals surface area contributed by atoms with Crippen LogP contribution in [0.4, 0.5) is 5.13 Å². The quantitative estimate of drug-likeness (QED) is 0.745. The molecule has 0 amide bonds. The molecule has 0 aromatic carbocycles. The van der Waals surface area contributed by atoms with E-state index in [1.54, 1.807) is 11.3 Å². The number of anilines is 1. The van der Waals surface area contributed by atoms with Crippen molar-refractivity contribution in [3.63, 3.8) is 0 Å². The molecule has 0 N–H and O–H groups in total. The van der Waals surface area contributed by atoms with Crippen LogP contribution in [0.1, 0.15) is 50.5 Å². The van der Waals surface area contributed by atoms with Crippen LogP contribution in [0.15, 0.2) is 0 Å². The molecular formula is C11H19N3S. The van der Waals surface area contributed by atoms with E-state index < -0.39 is 0 Å². The molecule has 2 rings (SSSR count). The zero-order chi connectivity index (χ0) is 10.7. The summed E-state index contributed by atoms with van der Waals surface area (Å²) in [6, 6.07) is 0. The number of unbranched alkanes of at least 4 members (excludes halogenated alkanes) is 1. The van der Waals surface area contributed by atoms with E-state index in [-0.39, 0.29) is 0 Å². The lowest BCUT2D eigenvalue weighted by molar-refractivity contribution is 0.725. The fourth-order valence-corrected chi connectivity index (χ4v) is 2.69. The number of nitrogens with zero attached hydrogens (tertiary/aromatic N) is 3. The van der Waals surface area contributed by atoms with E-state index in [9.17, 15) is 0 Å². The molecule has 4 heteroatoms. The van der Waals surface area contributed by atoms with Gasteiger partial charge in [-0.3, -0.25) is 0 Å². The highest BCUT2D eigenvalue weighted by molar-refractivity contribution is 7.15. The van der Waals surface area contributed by atoms with Crippen molar-refractivity contribution in [1.29, 1.82) is 0 Å². The second kappa shape index (κ2) is 4.92. The third-order valence-corrected chi connectivity index (χ3v) is 3.94. The fourth-order valence-electron chi connectivity index (χ4n) is 1.59. The van der Waals surface area contributed by atoms with Gasteiger partial charge in [-0.1, -0.05) is 24.7 Å². The molecule has 1 aliphatic rings. The van der Waals surface area contributed by atoms with E-state index in [2.05, 4.69) is 28.9 Å². The summed E-state index contributed by atoms with van der Waals surface area (Å²) in [7, 11) is 0. The van der Waals surface area contributed by atoms with Crippen molar-refractivity contribution >= 4 is 16.5 Å². The molecule has 1 aromatic heterocycles. The van der Waals surface area contributed by atoms with E-state index >= 15 is 0 Å². The van der Waals surface area contributed by atoms with Crippen molar-refractivity contribution in [3.8, 4) is 0 Å². The number of hydrogen-bond donors (Lipinski definition) is 0. The van der Waals surface area contributed by atoms with Crippen LogP contribution < -0.4 is 4.90 Å². The summed E-state index contributed by atoms with van der Waals surface area (Å²) in [5, 5.41) is 10.9. The Morgan fingerprint density at radius 3 is 2.73 bits per heavy atom. The van der Waals surface area contributed by atoms with Gasteiger partial charge in [0.1, 0.15) is 5.01 Å². The minimum absolute atomic E-state index is 0.737. The molecule has 1 aliphatic carbocycles. The van der Waals surface area contributed by atoms with Gasteiger partial charge in [-0.05, 0) is 26.2 Å². The van der Waals surface area contributed by atoms with Crippen molar-refractivity contribution in [2.45, 2.75) is 45.4 Å². The first kappa shape index (κ1) is 10.9. The lowest BCUT2D eigenvalue weighted by Crippen LogP contribution is -2.23. The summed E-state index contributed by atoms with van der Waals surface area (Å²) >= 11 is 1.79. The third-order valence-electron chi connectivity index (χ3n) is 2.79. The fraction of sp³-hybridized carbons (Fsp3) is 0.818. The number of aromatic nitrogens is 2. The SMILES string of the molecule is CCCCN(CC)c1nnc(C2CC2)s1. The Morgan fingerprint density at radius 2 is 2.13 bits per heavy atom. The topological polar surface area (TPSA) is 29.0 Å². The van der Waals surface area contributed by atoms with Crippen molar-refractivity contribution < 1.29 is 0 Å². The van der Waals surface area contributed by atoms with Crippen molar-refractivity contribution in [1.82, 2.24) is 10.2 Å². The lowest BCUT2D eigenvalue weighted by Gasteiger charge is -2.18. The molecule has 0 radical (unpaired) electrons. The Bertz CT molecular complexity index is 307. The smallest absolute Gasteiger partial charge is 0.208 e. The van der Waals surface area contributed by atoms with Gasteiger partial charge in [0.2, 0.25) is 5.13 Å². The summed E-state index contributed by atoms with van der Waals surface area (Å²) in [5.41, 5.74) is 0. The maximum absolute atomic E-state index is 4.30. The molecular weight excluding hydrogens is 206 g/mol. The van der Waals surface area contributed by atoms with E-state index in [1.165, 1.54) is 30.7 Å². The second-order valence-electron chi connectivity index (χ2n) is 4.13. The van der Waals surface area contributed by atoms with Gasteiger partial charge in [-0.2, -0.15) is 0 Å². The first-order valence-corrected chi connectivity index (χ1v) is 6.75. The average Bonchev–Trinajstić information content (AvgIpc) is 3.00. The third kappa shape index (κ3) is 2.68. The molecule has 0 spiro atoms. The zero-order valence-electron chi connectivity index (χ0n) is 9.57. The van der Waals surface area contributed by atoms with Gasteiger partial charge >= 0.3 is 0 Å². The van der Waals surface area contributed by atoms with E-state index in [0.29, 0.717) is 0 Å². The van der Waals surface area contributed by atoms with Gasteiger partial charge in [-0.15, -0.1) is 10.2 Å². The number of rotatable bonds is 6. The van der Waals surface area contributed by atoms with Gasteiger partial charge in [0.25, 0.3) is 0 Å². The highest BCUT2D eigenvalue weighted by Crippen LogP contribution is 2.42. The van der Waals surface area contributed by atoms with E-state index in [0.717, 1.165) is 24.1 Å². The molecule has 0 unspecified atom stereocenters. The highest BCUT2D eigenvalue weighted by atomic mass is 32.1. The van der Waals surface area contributed by atoms with Crippen LogP contribution in [-0.2, 0) is 0 Å². The van der Waals surface area contributed by atoms with Crippen LogP contribution >= 0.6 is 11.3 Å². The average molecular weight is 225 g/mol. The largest absolute Gasteiger partial charge is 0.347 e. The Labute approximate surface area is 95.5 Å². The molecule has 1 heterocycles.